The number of aromatic nitrogens is 3. The lowest BCUT2D eigenvalue weighted by molar-refractivity contribution is -0.119. The summed E-state index contributed by atoms with van der Waals surface area (Å²) in [5.41, 5.74) is 2.14. The molecule has 2 heterocycles. The minimum Gasteiger partial charge on any atom is -0.352 e. The van der Waals surface area contributed by atoms with Gasteiger partial charge < -0.3 is 9.88 Å². The molecule has 5 nitrogen and oxygen atoms in total. The van der Waals surface area contributed by atoms with Gasteiger partial charge in [-0.25, -0.2) is 4.68 Å². The molecule has 0 spiro atoms. The van der Waals surface area contributed by atoms with Gasteiger partial charge in [0.1, 0.15) is 5.82 Å². The Bertz CT molecular complexity index is 951. The van der Waals surface area contributed by atoms with Crippen LogP contribution in [0.4, 0.5) is 0 Å². The van der Waals surface area contributed by atoms with Crippen molar-refractivity contribution < 1.29 is 4.79 Å². The molecule has 0 unspecified atom stereocenters. The van der Waals surface area contributed by atoms with Crippen LogP contribution >= 0.6 is 11.8 Å². The minimum absolute atomic E-state index is 0.143. The van der Waals surface area contributed by atoms with Crippen molar-refractivity contribution in [3.8, 4) is 11.5 Å². The molecule has 158 valence electrons. The summed E-state index contributed by atoms with van der Waals surface area (Å²) in [6.45, 7) is 4.56. The summed E-state index contributed by atoms with van der Waals surface area (Å²) in [5.74, 6) is 3.61. The summed E-state index contributed by atoms with van der Waals surface area (Å²) in [5, 5.41) is 7.91. The molecule has 0 bridgehead atoms. The van der Waals surface area contributed by atoms with Crippen molar-refractivity contribution in [3.05, 3.63) is 66.6 Å². The Balaban J connectivity index is 1.41. The summed E-state index contributed by atoms with van der Waals surface area (Å²) in [6, 6.07) is 14.5. The highest BCUT2D eigenvalue weighted by Crippen LogP contribution is 2.29. The Kier molecular flexibility index (Phi) is 6.62. The number of hydrogen-bond acceptors (Lipinski definition) is 3. The van der Waals surface area contributed by atoms with E-state index in [4.69, 9.17) is 0 Å². The summed E-state index contributed by atoms with van der Waals surface area (Å²) < 4.78 is 4.04. The molecule has 0 saturated heterocycles. The zero-order valence-electron chi connectivity index (χ0n) is 17.7. The number of amides is 1. The lowest BCUT2D eigenvalue weighted by atomic mass is 9.78. The molecule has 30 heavy (non-hydrogen) atoms. The Labute approximate surface area is 182 Å². The third-order valence-electron chi connectivity index (χ3n) is 6.21. The molecule has 1 aliphatic rings. The topological polar surface area (TPSA) is 51.9 Å². The highest BCUT2D eigenvalue weighted by molar-refractivity contribution is 7.99. The Morgan fingerprint density at radius 3 is 2.67 bits per heavy atom. The molecule has 0 aliphatic heterocycles. The van der Waals surface area contributed by atoms with Crippen LogP contribution in [0.5, 0.6) is 0 Å². The lowest BCUT2D eigenvalue weighted by Crippen LogP contribution is -2.44. The Morgan fingerprint density at radius 1 is 1.13 bits per heavy atom. The van der Waals surface area contributed by atoms with Crippen LogP contribution in [0.1, 0.15) is 38.7 Å². The van der Waals surface area contributed by atoms with Gasteiger partial charge in [-0.1, -0.05) is 44.9 Å². The van der Waals surface area contributed by atoms with Gasteiger partial charge in [-0.05, 0) is 42.5 Å². The van der Waals surface area contributed by atoms with Gasteiger partial charge in [0.25, 0.3) is 0 Å². The van der Waals surface area contributed by atoms with Crippen molar-refractivity contribution in [1.29, 1.82) is 0 Å². The maximum absolute atomic E-state index is 12.5. The van der Waals surface area contributed by atoms with Gasteiger partial charge in [0.15, 0.2) is 0 Å². The van der Waals surface area contributed by atoms with Crippen molar-refractivity contribution in [2.75, 3.05) is 5.75 Å². The van der Waals surface area contributed by atoms with E-state index in [1.807, 2.05) is 53.6 Å². The van der Waals surface area contributed by atoms with Crippen molar-refractivity contribution in [1.82, 2.24) is 19.7 Å². The molecular formula is C24H30N4OS. The molecule has 1 aromatic carbocycles. The highest BCUT2D eigenvalue weighted by atomic mass is 32.2. The first-order valence-electron chi connectivity index (χ1n) is 10.8. The quantitative estimate of drug-likeness (QED) is 0.593. The molecule has 1 aliphatic carbocycles. The van der Waals surface area contributed by atoms with Gasteiger partial charge >= 0.3 is 0 Å². The molecule has 4 rings (SSSR count). The second-order valence-electron chi connectivity index (χ2n) is 8.27. The van der Waals surface area contributed by atoms with Crippen LogP contribution in [0.3, 0.4) is 0 Å². The van der Waals surface area contributed by atoms with E-state index >= 15 is 0 Å². The SMILES string of the molecule is C[C@H]1[C@H](C)CCC[C@H]1NC(=O)CSCc1cnn(-c2ccccc2)c1-n1cccc1. The molecule has 2 aromatic heterocycles. The van der Waals surface area contributed by atoms with Crippen LogP contribution in [0.2, 0.25) is 0 Å². The van der Waals surface area contributed by atoms with Gasteiger partial charge in [0.05, 0.1) is 17.6 Å². The Hall–Kier alpha value is -2.47. The largest absolute Gasteiger partial charge is 0.352 e. The number of carbonyl (C=O) groups excluding carboxylic acids is 1. The summed E-state index contributed by atoms with van der Waals surface area (Å²) >= 11 is 1.65. The molecule has 0 radical (unpaired) electrons. The van der Waals surface area contributed by atoms with Gasteiger partial charge in [-0.15, -0.1) is 11.8 Å². The standard InChI is InChI=1S/C24H30N4OS/c1-18-9-8-12-22(19(18)2)26-23(29)17-30-16-20-15-25-28(21-10-4-3-5-11-21)24(20)27-13-6-7-14-27/h3-7,10-11,13-15,18-19,22H,8-9,12,16-17H2,1-2H3,(H,26,29)/t18-,19+,22-/m1/s1. The minimum atomic E-state index is 0.143. The van der Waals surface area contributed by atoms with E-state index in [1.165, 1.54) is 12.8 Å². The third kappa shape index (κ3) is 4.64. The maximum Gasteiger partial charge on any atom is 0.230 e. The first-order chi connectivity index (χ1) is 14.6. The van der Waals surface area contributed by atoms with Gasteiger partial charge in [0, 0.05) is 29.8 Å². The van der Waals surface area contributed by atoms with E-state index in [0.717, 1.165) is 29.2 Å². The van der Waals surface area contributed by atoms with Crippen LogP contribution in [0, 0.1) is 11.8 Å². The molecule has 1 amide bonds. The van der Waals surface area contributed by atoms with Crippen LogP contribution < -0.4 is 5.32 Å². The predicted octanol–water partition coefficient (Wildman–Crippen LogP) is 4.84. The normalized spacial score (nSPS) is 21.5. The zero-order valence-corrected chi connectivity index (χ0v) is 18.5. The number of nitrogens with one attached hydrogen (secondary N) is 1. The van der Waals surface area contributed by atoms with Gasteiger partial charge in [0.2, 0.25) is 5.91 Å². The van der Waals surface area contributed by atoms with Gasteiger partial charge in [-0.3, -0.25) is 4.79 Å². The number of para-hydroxylation sites is 1. The van der Waals surface area contributed by atoms with E-state index in [0.29, 0.717) is 23.6 Å². The summed E-state index contributed by atoms with van der Waals surface area (Å²) in [4.78, 5) is 12.5. The summed E-state index contributed by atoms with van der Waals surface area (Å²) in [6.07, 6.45) is 9.56. The van der Waals surface area contributed by atoms with Crippen LogP contribution in [-0.4, -0.2) is 32.0 Å². The van der Waals surface area contributed by atoms with Crippen molar-refractivity contribution in [2.45, 2.75) is 44.9 Å². The predicted molar refractivity (Wildman–Crippen MR) is 123 cm³/mol. The number of thioether (sulfide) groups is 1. The molecule has 1 fully saturated rings. The molecule has 6 heteroatoms. The fourth-order valence-electron chi connectivity index (χ4n) is 4.27. The van der Waals surface area contributed by atoms with E-state index in [2.05, 4.69) is 41.0 Å². The fraction of sp³-hybridized carbons (Fsp3) is 0.417. The average Bonchev–Trinajstić information content (AvgIpc) is 3.42. The number of nitrogens with zero attached hydrogens (tertiary/aromatic N) is 3. The van der Waals surface area contributed by atoms with E-state index < -0.39 is 0 Å². The second kappa shape index (κ2) is 9.56. The third-order valence-corrected chi connectivity index (χ3v) is 7.19. The van der Waals surface area contributed by atoms with Gasteiger partial charge in [-0.2, -0.15) is 5.10 Å². The van der Waals surface area contributed by atoms with Crippen LogP contribution in [0.15, 0.2) is 61.1 Å². The maximum atomic E-state index is 12.5. The number of rotatable bonds is 7. The zero-order chi connectivity index (χ0) is 20.9. The van der Waals surface area contributed by atoms with Crippen molar-refractivity contribution in [2.24, 2.45) is 11.8 Å². The van der Waals surface area contributed by atoms with Crippen molar-refractivity contribution in [3.63, 3.8) is 0 Å². The highest BCUT2D eigenvalue weighted by Gasteiger charge is 2.28. The molecule has 1 N–H and O–H groups in total. The van der Waals surface area contributed by atoms with Crippen molar-refractivity contribution >= 4 is 17.7 Å². The molecule has 1 saturated carbocycles. The second-order valence-corrected chi connectivity index (χ2v) is 9.25. The number of hydrogen-bond donors (Lipinski definition) is 1. The first kappa shape index (κ1) is 20.8. The van der Waals surface area contributed by atoms with Crippen LogP contribution in [0.25, 0.3) is 11.5 Å². The molecular weight excluding hydrogens is 392 g/mol. The smallest absolute Gasteiger partial charge is 0.230 e. The van der Waals surface area contributed by atoms with E-state index in [9.17, 15) is 4.79 Å². The summed E-state index contributed by atoms with van der Waals surface area (Å²) in [7, 11) is 0. The van der Waals surface area contributed by atoms with E-state index in [1.54, 1.807) is 11.8 Å². The van der Waals surface area contributed by atoms with Crippen LogP contribution in [-0.2, 0) is 10.5 Å². The fourth-order valence-corrected chi connectivity index (χ4v) is 5.07. The average molecular weight is 423 g/mol. The number of benzene rings is 1. The molecule has 3 atom stereocenters. The Morgan fingerprint density at radius 2 is 1.90 bits per heavy atom. The number of carbonyl (C=O) groups is 1. The first-order valence-corrected chi connectivity index (χ1v) is 11.9. The monoisotopic (exact) mass is 422 g/mol. The van der Waals surface area contributed by atoms with E-state index in [-0.39, 0.29) is 5.91 Å². The lowest BCUT2D eigenvalue weighted by Gasteiger charge is -2.34. The molecule has 3 aromatic rings.